The average Bonchev–Trinajstić information content (AvgIpc) is 0.843. The van der Waals surface area contributed by atoms with Crippen molar-refractivity contribution < 1.29 is 173 Å². The number of carbonyl (C=O) groups is 16. The number of aliphatic hydroxyl groups is 4. The van der Waals surface area contributed by atoms with Gasteiger partial charge in [-0.25, -0.2) is 9.59 Å². The fourth-order valence-electron chi connectivity index (χ4n) is 11.5. The Morgan fingerprint density at radius 1 is 0.300 bits per heavy atom. The topological polar surface area (TPSA) is 526 Å². The van der Waals surface area contributed by atoms with Crippen molar-refractivity contribution >= 4 is 95.5 Å². The average molecular weight is 1860 g/mol. The van der Waals surface area contributed by atoms with E-state index < -0.39 is 179 Å². The van der Waals surface area contributed by atoms with Crippen LogP contribution < -0.4 is 10.6 Å². The molecule has 0 spiro atoms. The predicted octanol–water partition coefficient (Wildman–Crippen LogP) is 8.24. The Balaban J connectivity index is 0.00000199. The van der Waals surface area contributed by atoms with E-state index in [-0.39, 0.29) is 90.8 Å². The van der Waals surface area contributed by atoms with E-state index in [0.29, 0.717) is 155 Å². The fourth-order valence-corrected chi connectivity index (χ4v) is 11.5. The molecule has 0 saturated heterocycles. The van der Waals surface area contributed by atoms with Gasteiger partial charge in [-0.1, -0.05) is 52.7 Å². The molecule has 0 heterocycles. The van der Waals surface area contributed by atoms with E-state index in [0.717, 1.165) is 50.7 Å². The molecule has 2 aliphatic rings. The van der Waals surface area contributed by atoms with Gasteiger partial charge >= 0.3 is 95.5 Å². The highest BCUT2D eigenvalue weighted by Gasteiger charge is 2.41. The van der Waals surface area contributed by atoms with Crippen molar-refractivity contribution in [3.63, 3.8) is 0 Å². The maximum Gasteiger partial charge on any atom is 0.330 e. The van der Waals surface area contributed by atoms with E-state index in [1.807, 2.05) is 13.8 Å². The second kappa shape index (κ2) is 68.7. The van der Waals surface area contributed by atoms with Crippen molar-refractivity contribution in [2.75, 3.05) is 119 Å². The first-order chi connectivity index (χ1) is 61.2. The van der Waals surface area contributed by atoms with Gasteiger partial charge in [0.15, 0.2) is 0 Å². The summed E-state index contributed by atoms with van der Waals surface area (Å²) in [6, 6.07) is -2.02. The second-order valence-electron chi connectivity index (χ2n) is 35.6. The Kier molecular flexibility index (Phi) is 63.9. The number of hydrogen-bond acceptors (Lipinski definition) is 38. The van der Waals surface area contributed by atoms with Gasteiger partial charge in [0, 0.05) is 25.0 Å². The summed E-state index contributed by atoms with van der Waals surface area (Å²) in [6.45, 7) is 29.8. The first kappa shape index (κ1) is 121. The zero-order valence-electron chi connectivity index (χ0n) is 79.3. The molecule has 0 amide bonds. The molecule has 0 aromatic rings. The summed E-state index contributed by atoms with van der Waals surface area (Å²) in [4.78, 5) is 194. The zero-order valence-corrected chi connectivity index (χ0v) is 79.3. The standard InChI is InChI=1S/C36H58O14.C34H60N2O14.C22H34O8/c1-35(2,3)33(43)49-21-23(37)19-47-31(41)27-15-9-7-13-25(27)29(39)45-17-11-12-18-46-30(40)26-14-8-10-16-28(26)32(42)48-20-24(38)22-50-34(44)36(4,5)6;1-9-13-35-25(29(41)47-19-23(37)21-49-31(43)33(3,4)5)17-27(39)45-15-11-12-16-46-28(40)18-26(36-14-10-2)30(42)48-20-24(38)22-50-32(44)34(6,7)8;1-3-19(23)27-15-9-5-7-13-21(25)29-17-11-12-18-30-22(26)14-8-6-10-16-28-20(24)4-2/h23-28,37-38H,7-22H2,1-6H3;23-26,35-38H,9-22H2,1-8H3;3-4H,1-2,5-18H2. The first-order valence-corrected chi connectivity index (χ1v) is 45.3. The lowest BCUT2D eigenvalue weighted by Crippen LogP contribution is -2.42. The van der Waals surface area contributed by atoms with Crippen LogP contribution in [0.3, 0.4) is 0 Å². The minimum absolute atomic E-state index is 0.00415. The van der Waals surface area contributed by atoms with Crippen LogP contribution in [0.15, 0.2) is 25.3 Å². The summed E-state index contributed by atoms with van der Waals surface area (Å²) in [5, 5.41) is 46.0. The van der Waals surface area contributed by atoms with Crippen LogP contribution in [0.4, 0.5) is 0 Å². The number of esters is 16. The molecule has 10 atom stereocenters. The fraction of sp³-hybridized carbons (Fsp3) is 0.783. The van der Waals surface area contributed by atoms with Gasteiger partial charge in [-0.3, -0.25) is 67.1 Å². The van der Waals surface area contributed by atoms with Crippen LogP contribution in [0.25, 0.3) is 0 Å². The molecule has 0 aliphatic heterocycles. The Morgan fingerprint density at radius 3 is 0.777 bits per heavy atom. The van der Waals surface area contributed by atoms with Gasteiger partial charge in [-0.05, 0) is 212 Å². The molecule has 0 bridgehead atoms. The van der Waals surface area contributed by atoms with Crippen LogP contribution in [0.5, 0.6) is 0 Å². The molecular formula is C92H152N2O36. The molecule has 38 nitrogen and oxygen atoms in total. The van der Waals surface area contributed by atoms with Crippen LogP contribution in [-0.4, -0.2) is 271 Å². The molecule has 0 aromatic carbocycles. The number of ether oxygens (including phenoxy) is 16. The summed E-state index contributed by atoms with van der Waals surface area (Å²) in [5.41, 5.74) is -2.95. The largest absolute Gasteiger partial charge is 0.466 e. The van der Waals surface area contributed by atoms with Crippen LogP contribution >= 0.6 is 0 Å². The smallest absolute Gasteiger partial charge is 0.330 e. The molecule has 746 valence electrons. The van der Waals surface area contributed by atoms with Crippen molar-refractivity contribution in [1.29, 1.82) is 0 Å². The molecule has 2 saturated carbocycles. The number of hydrogen-bond donors (Lipinski definition) is 6. The number of rotatable bonds is 61. The van der Waals surface area contributed by atoms with Gasteiger partial charge in [0.1, 0.15) is 89.4 Å². The summed E-state index contributed by atoms with van der Waals surface area (Å²) >= 11 is 0. The molecule has 130 heavy (non-hydrogen) atoms. The number of unbranched alkanes of at least 4 members (excludes halogenated alkanes) is 7. The molecule has 2 aliphatic carbocycles. The summed E-state index contributed by atoms with van der Waals surface area (Å²) in [7, 11) is 0. The van der Waals surface area contributed by atoms with E-state index in [2.05, 4.69) is 23.8 Å². The maximum atomic E-state index is 12.9. The Labute approximate surface area is 765 Å². The highest BCUT2D eigenvalue weighted by Crippen LogP contribution is 2.34. The molecular weight excluding hydrogens is 1710 g/mol. The third kappa shape index (κ3) is 59.9. The molecule has 6 N–H and O–H groups in total. The molecule has 2 rings (SSSR count). The molecule has 0 aromatic heterocycles. The van der Waals surface area contributed by atoms with Crippen molar-refractivity contribution in [2.24, 2.45) is 45.3 Å². The van der Waals surface area contributed by atoms with Gasteiger partial charge in [0.25, 0.3) is 0 Å². The Bertz CT molecular complexity index is 3190. The van der Waals surface area contributed by atoms with E-state index in [1.165, 1.54) is 0 Å². The summed E-state index contributed by atoms with van der Waals surface area (Å²) in [6.07, 6.45) is 10.7. The lowest BCUT2D eigenvalue weighted by molar-refractivity contribution is -0.167. The monoisotopic (exact) mass is 1860 g/mol. The van der Waals surface area contributed by atoms with Crippen molar-refractivity contribution in [1.82, 2.24) is 10.6 Å². The normalized spacial score (nSPS) is 16.3. The Morgan fingerprint density at radius 2 is 0.523 bits per heavy atom. The first-order valence-electron chi connectivity index (χ1n) is 45.3. The lowest BCUT2D eigenvalue weighted by Gasteiger charge is -2.29. The molecule has 10 unspecified atom stereocenters. The van der Waals surface area contributed by atoms with Gasteiger partial charge in [0.05, 0.1) is 111 Å². The minimum atomic E-state index is -1.23. The van der Waals surface area contributed by atoms with Gasteiger partial charge in [-0.15, -0.1) is 0 Å². The summed E-state index contributed by atoms with van der Waals surface area (Å²) < 4.78 is 82.1. The SMILES string of the molecule is C=CC(=O)OCCCCCC(=O)OCCCCOC(=O)CCCCCOC(=O)C=C.CC(C)(C)C(=O)OCC(O)COC(=O)C1CCCCC1C(=O)OCCCCOC(=O)C1CCCCC1C(=O)OCC(O)COC(=O)C(C)(C)C.CCCNC(CC(=O)OCCCCOC(=O)CC(NCCC)C(=O)OCC(O)COC(=O)C(C)(C)C)C(=O)OCC(O)COC(=O)C(C)(C)C. The van der Waals surface area contributed by atoms with Gasteiger partial charge in [-0.2, -0.15) is 0 Å². The van der Waals surface area contributed by atoms with Crippen molar-refractivity contribution in [3.05, 3.63) is 25.3 Å². The van der Waals surface area contributed by atoms with Gasteiger partial charge in [0.2, 0.25) is 0 Å². The summed E-state index contributed by atoms with van der Waals surface area (Å²) in [5.74, 6) is -11.2. The number of aliphatic hydroxyl groups excluding tert-OH is 4. The minimum Gasteiger partial charge on any atom is -0.466 e. The van der Waals surface area contributed by atoms with E-state index >= 15 is 0 Å². The van der Waals surface area contributed by atoms with Crippen LogP contribution in [0.1, 0.15) is 264 Å². The van der Waals surface area contributed by atoms with E-state index in [9.17, 15) is 97.1 Å². The van der Waals surface area contributed by atoms with Crippen molar-refractivity contribution in [3.8, 4) is 0 Å². The lowest BCUT2D eigenvalue weighted by atomic mass is 9.79. The highest BCUT2D eigenvalue weighted by molar-refractivity contribution is 5.86. The third-order valence-electron chi connectivity index (χ3n) is 19.1. The van der Waals surface area contributed by atoms with Crippen molar-refractivity contribution in [2.45, 2.75) is 300 Å². The van der Waals surface area contributed by atoms with Crippen LogP contribution in [0, 0.1) is 45.3 Å². The van der Waals surface area contributed by atoms with E-state index in [1.54, 1.807) is 83.1 Å². The highest BCUT2D eigenvalue weighted by atomic mass is 16.6. The molecule has 0 radical (unpaired) electrons. The Hall–Kier alpha value is -9.24. The number of carbonyl (C=O) groups excluding carboxylic acids is 16. The number of nitrogens with one attached hydrogen (secondary N) is 2. The van der Waals surface area contributed by atoms with E-state index in [4.69, 9.17) is 75.8 Å². The third-order valence-corrected chi connectivity index (χ3v) is 19.1. The maximum absolute atomic E-state index is 12.9. The zero-order chi connectivity index (χ0) is 98.3. The molecule has 2 fully saturated rings. The second-order valence-corrected chi connectivity index (χ2v) is 35.6. The van der Waals surface area contributed by atoms with Gasteiger partial charge < -0.3 is 107 Å². The van der Waals surface area contributed by atoms with Crippen LogP contribution in [-0.2, 0) is 153 Å². The molecule has 38 heteroatoms. The quantitative estimate of drug-likeness (QED) is 0.0144. The van der Waals surface area contributed by atoms with Crippen LogP contribution in [0.2, 0.25) is 0 Å². The predicted molar refractivity (Wildman–Crippen MR) is 467 cm³/mol.